The number of rotatable bonds is 3. The second-order valence-electron chi connectivity index (χ2n) is 4.10. The van der Waals surface area contributed by atoms with E-state index in [2.05, 4.69) is 25.9 Å². The minimum atomic E-state index is 0.484. The van der Waals surface area contributed by atoms with E-state index in [0.29, 0.717) is 6.61 Å². The van der Waals surface area contributed by atoms with E-state index < -0.39 is 0 Å². The Labute approximate surface area is 119 Å². The van der Waals surface area contributed by atoms with Gasteiger partial charge in [0.1, 0.15) is 17.0 Å². The summed E-state index contributed by atoms with van der Waals surface area (Å²) in [4.78, 5) is 8.53. The van der Waals surface area contributed by atoms with Crippen molar-refractivity contribution < 1.29 is 4.74 Å². The standard InChI is InChI=1S/C15H11BrN2O/c16-14-7-6-13(9-18-14)19-10-12-4-1-3-11-5-2-8-17-15(11)12/h1-9H,10H2. The van der Waals surface area contributed by atoms with E-state index in [9.17, 15) is 0 Å². The molecule has 0 saturated heterocycles. The Morgan fingerprint density at radius 1 is 1.00 bits per heavy atom. The number of halogens is 1. The van der Waals surface area contributed by atoms with E-state index in [1.54, 1.807) is 12.4 Å². The highest BCUT2D eigenvalue weighted by atomic mass is 79.9. The van der Waals surface area contributed by atoms with E-state index in [-0.39, 0.29) is 0 Å². The smallest absolute Gasteiger partial charge is 0.138 e. The summed E-state index contributed by atoms with van der Waals surface area (Å²) in [5.74, 6) is 0.746. The number of para-hydroxylation sites is 1. The summed E-state index contributed by atoms with van der Waals surface area (Å²) < 4.78 is 6.53. The fourth-order valence-electron chi connectivity index (χ4n) is 1.89. The van der Waals surface area contributed by atoms with Gasteiger partial charge in [-0.25, -0.2) is 4.98 Å². The summed E-state index contributed by atoms with van der Waals surface area (Å²) in [6.45, 7) is 0.484. The van der Waals surface area contributed by atoms with Gasteiger partial charge in [-0.15, -0.1) is 0 Å². The van der Waals surface area contributed by atoms with E-state index in [1.807, 2.05) is 42.5 Å². The molecule has 3 aromatic rings. The third-order valence-corrected chi connectivity index (χ3v) is 3.28. The van der Waals surface area contributed by atoms with Gasteiger partial charge in [0.25, 0.3) is 0 Å². The molecule has 3 rings (SSSR count). The van der Waals surface area contributed by atoms with Crippen LogP contribution < -0.4 is 4.74 Å². The van der Waals surface area contributed by atoms with Crippen LogP contribution in [-0.4, -0.2) is 9.97 Å². The average Bonchev–Trinajstić information content (AvgIpc) is 2.47. The Morgan fingerprint density at radius 2 is 1.89 bits per heavy atom. The summed E-state index contributed by atoms with van der Waals surface area (Å²) in [7, 11) is 0. The van der Waals surface area contributed by atoms with E-state index in [4.69, 9.17) is 4.74 Å². The largest absolute Gasteiger partial charge is 0.487 e. The molecule has 0 aliphatic heterocycles. The molecule has 0 saturated carbocycles. The summed E-state index contributed by atoms with van der Waals surface area (Å²) >= 11 is 3.30. The van der Waals surface area contributed by atoms with Crippen molar-refractivity contribution in [1.82, 2.24) is 9.97 Å². The molecule has 19 heavy (non-hydrogen) atoms. The lowest BCUT2D eigenvalue weighted by molar-refractivity contribution is 0.306. The minimum absolute atomic E-state index is 0.484. The highest BCUT2D eigenvalue weighted by Gasteiger charge is 2.02. The molecule has 0 unspecified atom stereocenters. The molecule has 0 spiro atoms. The lowest BCUT2D eigenvalue weighted by Gasteiger charge is -2.08. The van der Waals surface area contributed by atoms with Crippen molar-refractivity contribution in [3.05, 3.63) is 65.0 Å². The zero-order chi connectivity index (χ0) is 13.1. The molecule has 0 bridgehead atoms. The molecule has 4 heteroatoms. The van der Waals surface area contributed by atoms with Gasteiger partial charge in [0, 0.05) is 17.1 Å². The number of hydrogen-bond donors (Lipinski definition) is 0. The zero-order valence-electron chi connectivity index (χ0n) is 10.1. The van der Waals surface area contributed by atoms with E-state index in [0.717, 1.165) is 26.8 Å². The lowest BCUT2D eigenvalue weighted by Crippen LogP contribution is -1.97. The van der Waals surface area contributed by atoms with Crippen LogP contribution in [0, 0.1) is 0 Å². The predicted octanol–water partition coefficient (Wildman–Crippen LogP) is 3.97. The van der Waals surface area contributed by atoms with Crippen molar-refractivity contribution in [1.29, 1.82) is 0 Å². The first-order valence-electron chi connectivity index (χ1n) is 5.90. The van der Waals surface area contributed by atoms with Crippen LogP contribution in [0.1, 0.15) is 5.56 Å². The maximum absolute atomic E-state index is 5.73. The lowest BCUT2D eigenvalue weighted by atomic mass is 10.1. The fraction of sp³-hybridized carbons (Fsp3) is 0.0667. The van der Waals surface area contributed by atoms with Gasteiger partial charge in [0.15, 0.2) is 0 Å². The molecule has 1 aromatic carbocycles. The Kier molecular flexibility index (Phi) is 3.42. The molecule has 0 atom stereocenters. The number of fused-ring (bicyclic) bond motifs is 1. The number of benzene rings is 1. The molecule has 0 N–H and O–H groups in total. The van der Waals surface area contributed by atoms with Crippen molar-refractivity contribution in [2.75, 3.05) is 0 Å². The van der Waals surface area contributed by atoms with Crippen molar-refractivity contribution >= 4 is 26.8 Å². The van der Waals surface area contributed by atoms with Crippen molar-refractivity contribution in [3.63, 3.8) is 0 Å². The molecule has 0 amide bonds. The first kappa shape index (κ1) is 12.1. The van der Waals surface area contributed by atoms with Gasteiger partial charge in [-0.1, -0.05) is 24.3 Å². The number of pyridine rings is 2. The van der Waals surface area contributed by atoms with Crippen molar-refractivity contribution in [2.45, 2.75) is 6.61 Å². The Bertz CT molecular complexity index is 693. The molecule has 0 radical (unpaired) electrons. The number of aromatic nitrogens is 2. The molecule has 2 heterocycles. The monoisotopic (exact) mass is 314 g/mol. The van der Waals surface area contributed by atoms with Crippen LogP contribution in [0.15, 0.2) is 59.5 Å². The average molecular weight is 315 g/mol. The van der Waals surface area contributed by atoms with Gasteiger partial charge in [-0.05, 0) is 34.1 Å². The van der Waals surface area contributed by atoms with Gasteiger partial charge in [-0.2, -0.15) is 0 Å². The quantitative estimate of drug-likeness (QED) is 0.686. The first-order valence-corrected chi connectivity index (χ1v) is 6.69. The molecule has 0 aliphatic rings. The van der Waals surface area contributed by atoms with E-state index in [1.165, 1.54) is 0 Å². The third kappa shape index (κ3) is 2.74. The molecule has 0 aliphatic carbocycles. The number of ether oxygens (including phenoxy) is 1. The van der Waals surface area contributed by atoms with Crippen LogP contribution in [0.2, 0.25) is 0 Å². The second-order valence-corrected chi connectivity index (χ2v) is 4.91. The SMILES string of the molecule is Brc1ccc(OCc2cccc3cccnc23)cn1. The molecular formula is C15H11BrN2O. The zero-order valence-corrected chi connectivity index (χ0v) is 11.7. The summed E-state index contributed by atoms with van der Waals surface area (Å²) in [5, 5.41) is 1.12. The number of nitrogens with zero attached hydrogens (tertiary/aromatic N) is 2. The summed E-state index contributed by atoms with van der Waals surface area (Å²) in [5.41, 5.74) is 2.05. The van der Waals surface area contributed by atoms with Crippen LogP contribution in [0.5, 0.6) is 5.75 Å². The predicted molar refractivity (Wildman–Crippen MR) is 78.0 cm³/mol. The molecule has 0 fully saturated rings. The van der Waals surface area contributed by atoms with Crippen LogP contribution in [0.25, 0.3) is 10.9 Å². The fourth-order valence-corrected chi connectivity index (χ4v) is 2.13. The maximum atomic E-state index is 5.73. The summed E-state index contributed by atoms with van der Waals surface area (Å²) in [6, 6.07) is 13.8. The van der Waals surface area contributed by atoms with Gasteiger partial charge < -0.3 is 4.74 Å². The first-order chi connectivity index (χ1) is 9.33. The maximum Gasteiger partial charge on any atom is 0.138 e. The van der Waals surface area contributed by atoms with Gasteiger partial charge in [-0.3, -0.25) is 4.98 Å². The topological polar surface area (TPSA) is 35.0 Å². The normalized spacial score (nSPS) is 10.6. The van der Waals surface area contributed by atoms with Crippen molar-refractivity contribution in [2.24, 2.45) is 0 Å². The van der Waals surface area contributed by atoms with Crippen molar-refractivity contribution in [3.8, 4) is 5.75 Å². The van der Waals surface area contributed by atoms with Crippen LogP contribution in [0.4, 0.5) is 0 Å². The second kappa shape index (κ2) is 5.36. The summed E-state index contributed by atoms with van der Waals surface area (Å²) in [6.07, 6.45) is 3.50. The van der Waals surface area contributed by atoms with Crippen LogP contribution in [0.3, 0.4) is 0 Å². The van der Waals surface area contributed by atoms with E-state index >= 15 is 0 Å². The molecular weight excluding hydrogens is 304 g/mol. The molecule has 94 valence electrons. The third-order valence-electron chi connectivity index (χ3n) is 2.81. The van der Waals surface area contributed by atoms with Crippen LogP contribution >= 0.6 is 15.9 Å². The Hall–Kier alpha value is -1.94. The van der Waals surface area contributed by atoms with Crippen LogP contribution in [-0.2, 0) is 6.61 Å². The van der Waals surface area contributed by atoms with Gasteiger partial charge in [0.2, 0.25) is 0 Å². The minimum Gasteiger partial charge on any atom is -0.487 e. The Morgan fingerprint density at radius 3 is 2.74 bits per heavy atom. The molecule has 3 nitrogen and oxygen atoms in total. The van der Waals surface area contributed by atoms with Gasteiger partial charge in [0.05, 0.1) is 11.7 Å². The number of hydrogen-bond acceptors (Lipinski definition) is 3. The van der Waals surface area contributed by atoms with Gasteiger partial charge >= 0.3 is 0 Å². The highest BCUT2D eigenvalue weighted by Crippen LogP contribution is 2.19. The molecule has 2 aromatic heterocycles. The highest BCUT2D eigenvalue weighted by molar-refractivity contribution is 9.10. The Balaban J connectivity index is 1.84.